The number of fused-ring (bicyclic) bond motifs is 2. The maximum Gasteiger partial charge on any atom is 0.240 e. The van der Waals surface area contributed by atoms with Crippen LogP contribution in [0.1, 0.15) is 22.3 Å². The lowest BCUT2D eigenvalue weighted by Crippen LogP contribution is -2.75. The molecule has 0 N–H and O–H groups in total. The van der Waals surface area contributed by atoms with Crippen LogP contribution in [0.25, 0.3) is 22.4 Å². The van der Waals surface area contributed by atoms with E-state index in [1.54, 1.807) is 0 Å². The van der Waals surface area contributed by atoms with Crippen molar-refractivity contribution >= 4 is 46.2 Å². The van der Waals surface area contributed by atoms with Crippen molar-refractivity contribution in [3.8, 4) is 22.4 Å². The Morgan fingerprint density at radius 3 is 1.50 bits per heavy atom. The van der Waals surface area contributed by atoms with Crippen LogP contribution in [-0.2, 0) is 0 Å². The quantitative estimate of drug-likeness (QED) is 0.289. The molecule has 0 unspecified atom stereocenters. The van der Waals surface area contributed by atoms with Gasteiger partial charge in [-0.15, -0.1) is 0 Å². The minimum Gasteiger partial charge on any atom is -0.256 e. The Labute approximate surface area is 250 Å². The zero-order valence-corrected chi connectivity index (χ0v) is 24.7. The molecule has 0 aliphatic carbocycles. The molecule has 200 valence electrons. The van der Waals surface area contributed by atoms with Crippen LogP contribution in [-0.4, -0.2) is 18.4 Å². The van der Waals surface area contributed by atoms with Gasteiger partial charge < -0.3 is 0 Å². The topological polar surface area (TPSA) is 12.9 Å². The van der Waals surface area contributed by atoms with Crippen molar-refractivity contribution in [3.05, 3.63) is 150 Å². The first-order valence-electron chi connectivity index (χ1n) is 14.9. The fourth-order valence-electron chi connectivity index (χ4n) is 7.20. The van der Waals surface area contributed by atoms with E-state index in [2.05, 4.69) is 149 Å². The van der Waals surface area contributed by atoms with Crippen LogP contribution >= 0.6 is 0 Å². The van der Waals surface area contributed by atoms with Crippen LogP contribution in [0.2, 0.25) is 0 Å². The lowest BCUT2D eigenvalue weighted by Gasteiger charge is -2.34. The van der Waals surface area contributed by atoms with E-state index in [1.807, 2.05) is 6.20 Å². The summed E-state index contributed by atoms with van der Waals surface area (Å²) in [5, 5.41) is 0. The molecule has 7 rings (SSSR count). The second-order valence-corrected chi connectivity index (χ2v) is 11.7. The third-order valence-electron chi connectivity index (χ3n) is 9.15. The summed E-state index contributed by atoms with van der Waals surface area (Å²) in [6, 6.07) is 44.6. The number of nitrogens with zero attached hydrogens (tertiary/aromatic N) is 1. The number of aromatic nitrogens is 1. The van der Waals surface area contributed by atoms with E-state index in [1.165, 1.54) is 66.2 Å². The Kier molecular flexibility index (Phi) is 6.67. The van der Waals surface area contributed by atoms with Gasteiger partial charge in [0, 0.05) is 11.8 Å². The van der Waals surface area contributed by atoms with Gasteiger partial charge >= 0.3 is 0 Å². The summed E-state index contributed by atoms with van der Waals surface area (Å²) >= 11 is 0. The lowest BCUT2D eigenvalue weighted by atomic mass is 9.20. The van der Waals surface area contributed by atoms with Gasteiger partial charge in [-0.2, -0.15) is 0 Å². The van der Waals surface area contributed by atoms with Gasteiger partial charge in [-0.05, 0) is 51.0 Å². The molecule has 42 heavy (non-hydrogen) atoms. The minimum atomic E-state index is 0.161. The third kappa shape index (κ3) is 4.41. The predicted molar refractivity (Wildman–Crippen MR) is 183 cm³/mol. The number of rotatable bonds is 4. The molecular weight excluding hydrogens is 504 g/mol. The largest absolute Gasteiger partial charge is 0.256 e. The summed E-state index contributed by atoms with van der Waals surface area (Å²) in [5.41, 5.74) is 18.4. The molecule has 1 aliphatic rings. The van der Waals surface area contributed by atoms with Crippen molar-refractivity contribution in [3.63, 3.8) is 0 Å². The third-order valence-corrected chi connectivity index (χ3v) is 9.15. The first-order chi connectivity index (χ1) is 20.5. The fourth-order valence-corrected chi connectivity index (χ4v) is 7.20. The second-order valence-electron chi connectivity index (χ2n) is 11.7. The summed E-state index contributed by atoms with van der Waals surface area (Å²) < 4.78 is 0. The number of pyridine rings is 1. The normalized spacial score (nSPS) is 12.2. The zero-order chi connectivity index (χ0) is 28.8. The molecule has 5 aromatic carbocycles. The monoisotopic (exact) mass is 537 g/mol. The second kappa shape index (κ2) is 10.7. The van der Waals surface area contributed by atoms with Gasteiger partial charge in [0.15, 0.2) is 0 Å². The highest BCUT2D eigenvalue weighted by Crippen LogP contribution is 2.24. The number of aryl methyl sites for hydroxylation is 4. The fraction of sp³-hybridized carbons (Fsp3) is 0.103. The Morgan fingerprint density at radius 2 is 0.905 bits per heavy atom. The van der Waals surface area contributed by atoms with Crippen LogP contribution in [0.5, 0.6) is 0 Å². The van der Waals surface area contributed by atoms with Crippen LogP contribution in [0, 0.1) is 27.7 Å². The molecule has 0 saturated carbocycles. The summed E-state index contributed by atoms with van der Waals surface area (Å²) in [6.07, 6.45) is 1.94. The van der Waals surface area contributed by atoms with E-state index in [0.29, 0.717) is 0 Å². The molecule has 0 radical (unpaired) electrons. The highest BCUT2D eigenvalue weighted by molar-refractivity contribution is 7.11. The van der Waals surface area contributed by atoms with Gasteiger partial charge in [-0.1, -0.05) is 164 Å². The summed E-state index contributed by atoms with van der Waals surface area (Å²) in [4.78, 5) is 4.71. The van der Waals surface area contributed by atoms with Crippen molar-refractivity contribution in [2.45, 2.75) is 27.7 Å². The summed E-state index contributed by atoms with van der Waals surface area (Å²) in [6.45, 7) is 9.40. The predicted octanol–water partition coefficient (Wildman–Crippen LogP) is 5.00. The molecule has 0 atom stereocenters. The molecule has 1 nitrogen and oxygen atoms in total. The maximum absolute atomic E-state index is 4.71. The van der Waals surface area contributed by atoms with Gasteiger partial charge in [0.25, 0.3) is 0 Å². The van der Waals surface area contributed by atoms with Crippen molar-refractivity contribution in [2.24, 2.45) is 0 Å². The molecular formula is C39H33B2N. The number of benzene rings is 5. The Bertz CT molecular complexity index is 1900. The summed E-state index contributed by atoms with van der Waals surface area (Å²) in [5.74, 6) is 0. The minimum absolute atomic E-state index is 0.161. The Morgan fingerprint density at radius 1 is 0.405 bits per heavy atom. The van der Waals surface area contributed by atoms with Gasteiger partial charge in [0.1, 0.15) is 0 Å². The van der Waals surface area contributed by atoms with Gasteiger partial charge in [0.05, 0.1) is 5.69 Å². The molecule has 0 amide bonds. The Hall–Kier alpha value is -4.62. The van der Waals surface area contributed by atoms with Gasteiger partial charge in [0.2, 0.25) is 13.4 Å². The first-order valence-corrected chi connectivity index (χ1v) is 14.9. The summed E-state index contributed by atoms with van der Waals surface area (Å²) in [7, 11) is 0. The molecule has 0 bridgehead atoms. The molecule has 0 fully saturated rings. The smallest absolute Gasteiger partial charge is 0.240 e. The molecule has 2 heterocycles. The van der Waals surface area contributed by atoms with Crippen LogP contribution in [0.3, 0.4) is 0 Å². The molecule has 1 aliphatic heterocycles. The van der Waals surface area contributed by atoms with E-state index in [-0.39, 0.29) is 13.4 Å². The Balaban J connectivity index is 1.50. The van der Waals surface area contributed by atoms with Crippen LogP contribution in [0.4, 0.5) is 0 Å². The standard InChI is InChI=1S/C39H33B2N/c1-26-12-10-13-27(2)38(26)40-33-18-8-9-19-34(33)41(39-28(3)14-11-15-29(39)4)36-24-31(20-21-35(36)40)32-22-23-42-37(25-32)30-16-6-5-7-17-30/h5-25H,1-4H3. The van der Waals surface area contributed by atoms with Gasteiger partial charge in [-0.25, -0.2) is 0 Å². The van der Waals surface area contributed by atoms with E-state index < -0.39 is 0 Å². The number of hydrogen-bond acceptors (Lipinski definition) is 1. The highest BCUT2D eigenvalue weighted by Gasteiger charge is 2.40. The molecule has 0 spiro atoms. The van der Waals surface area contributed by atoms with Crippen LogP contribution in [0.15, 0.2) is 128 Å². The number of hydrogen-bond donors (Lipinski definition) is 0. The average Bonchev–Trinajstić information content (AvgIpc) is 3.02. The van der Waals surface area contributed by atoms with E-state index in [0.717, 1.165) is 11.3 Å². The van der Waals surface area contributed by atoms with Crippen LogP contribution < -0.4 is 32.8 Å². The molecule has 3 heteroatoms. The SMILES string of the molecule is Cc1cccc(C)c1B1c2ccccc2B(c2c(C)cccc2C)c2cc(-c3ccnc(-c4ccccc4)c3)ccc21. The van der Waals surface area contributed by atoms with Gasteiger partial charge in [-0.3, -0.25) is 4.98 Å². The molecule has 6 aromatic rings. The molecule has 1 aromatic heterocycles. The van der Waals surface area contributed by atoms with E-state index >= 15 is 0 Å². The van der Waals surface area contributed by atoms with Crippen molar-refractivity contribution in [2.75, 3.05) is 0 Å². The van der Waals surface area contributed by atoms with Crippen molar-refractivity contribution in [1.82, 2.24) is 4.98 Å². The van der Waals surface area contributed by atoms with E-state index in [4.69, 9.17) is 4.98 Å². The zero-order valence-electron chi connectivity index (χ0n) is 24.7. The average molecular weight is 537 g/mol. The first kappa shape index (κ1) is 26.3. The lowest BCUT2D eigenvalue weighted by molar-refractivity contribution is 1.33. The molecule has 0 saturated heterocycles. The highest BCUT2D eigenvalue weighted by atomic mass is 14.7. The van der Waals surface area contributed by atoms with Crippen molar-refractivity contribution in [1.29, 1.82) is 0 Å². The maximum atomic E-state index is 4.71. The van der Waals surface area contributed by atoms with Crippen molar-refractivity contribution < 1.29 is 0 Å². The van der Waals surface area contributed by atoms with E-state index in [9.17, 15) is 0 Å².